The van der Waals surface area contributed by atoms with E-state index in [9.17, 15) is 14.0 Å². The number of aromatic nitrogens is 1. The Morgan fingerprint density at radius 2 is 1.86 bits per heavy atom. The fourth-order valence-corrected chi connectivity index (χ4v) is 4.79. The zero-order valence-corrected chi connectivity index (χ0v) is 20.5. The number of hydrogen-bond acceptors (Lipinski definition) is 6. The summed E-state index contributed by atoms with van der Waals surface area (Å²) in [6.07, 6.45) is 4.00. The quantitative estimate of drug-likeness (QED) is 0.464. The number of amides is 2. The van der Waals surface area contributed by atoms with E-state index in [1.54, 1.807) is 30.7 Å². The minimum Gasteiger partial charge on any atom is -0.497 e. The predicted octanol–water partition coefficient (Wildman–Crippen LogP) is 4.73. The van der Waals surface area contributed by atoms with E-state index in [4.69, 9.17) is 4.74 Å². The van der Waals surface area contributed by atoms with Crippen molar-refractivity contribution in [3.8, 4) is 5.75 Å². The summed E-state index contributed by atoms with van der Waals surface area (Å²) in [6.45, 7) is 4.25. The molecule has 3 aromatic rings. The van der Waals surface area contributed by atoms with Crippen LogP contribution in [0.4, 0.5) is 20.9 Å². The fraction of sp³-hybridized carbons (Fsp3) is 0.269. The number of rotatable bonds is 6. The van der Waals surface area contributed by atoms with Gasteiger partial charge in [0.1, 0.15) is 11.6 Å². The van der Waals surface area contributed by atoms with Crippen LogP contribution < -0.4 is 14.5 Å². The Morgan fingerprint density at radius 1 is 1.09 bits per heavy atom. The molecule has 1 aliphatic rings. The predicted molar refractivity (Wildman–Crippen MR) is 137 cm³/mol. The Labute approximate surface area is 208 Å². The summed E-state index contributed by atoms with van der Waals surface area (Å²) in [5.41, 5.74) is 1.79. The van der Waals surface area contributed by atoms with Crippen molar-refractivity contribution in [2.45, 2.75) is 13.3 Å². The molecule has 2 heterocycles. The molecule has 1 aliphatic heterocycles. The SMILES string of the molecule is COc1ccc(N2CCCN(C(=O)/C=C/c3csc(N(C(C)=O)c4ccccc4F)n3)CC2)cc1. The Kier molecular flexibility index (Phi) is 7.77. The highest BCUT2D eigenvalue weighted by atomic mass is 32.1. The van der Waals surface area contributed by atoms with E-state index in [2.05, 4.69) is 9.88 Å². The third-order valence-electron chi connectivity index (χ3n) is 5.75. The molecule has 0 bridgehead atoms. The number of benzene rings is 2. The van der Waals surface area contributed by atoms with E-state index >= 15 is 0 Å². The van der Waals surface area contributed by atoms with E-state index in [1.807, 2.05) is 29.2 Å². The molecule has 0 atom stereocenters. The average Bonchev–Trinajstić information content (AvgIpc) is 3.18. The first kappa shape index (κ1) is 24.4. The van der Waals surface area contributed by atoms with E-state index < -0.39 is 5.82 Å². The maximum absolute atomic E-state index is 14.3. The van der Waals surface area contributed by atoms with Crippen LogP contribution >= 0.6 is 11.3 Å². The van der Waals surface area contributed by atoms with E-state index in [0.29, 0.717) is 23.9 Å². The Balaban J connectivity index is 1.40. The molecule has 35 heavy (non-hydrogen) atoms. The standard InChI is InChI=1S/C26H27FN4O3S/c1-19(32)31(24-7-4-3-6-23(24)27)26-28-20(18-35-26)8-13-25(33)30-15-5-14-29(16-17-30)21-9-11-22(34-2)12-10-21/h3-4,6-13,18H,5,14-17H2,1-2H3/b13-8+. The number of anilines is 3. The minimum atomic E-state index is -0.505. The summed E-state index contributed by atoms with van der Waals surface area (Å²) in [7, 11) is 1.65. The van der Waals surface area contributed by atoms with Crippen LogP contribution in [0, 0.1) is 5.82 Å². The normalized spacial score (nSPS) is 14.1. The van der Waals surface area contributed by atoms with Crippen LogP contribution in [0.5, 0.6) is 5.75 Å². The molecule has 0 aliphatic carbocycles. The molecule has 1 saturated heterocycles. The lowest BCUT2D eigenvalue weighted by Crippen LogP contribution is -2.34. The Bertz CT molecular complexity index is 1210. The minimum absolute atomic E-state index is 0.0892. The van der Waals surface area contributed by atoms with Gasteiger partial charge in [-0.05, 0) is 48.9 Å². The van der Waals surface area contributed by atoms with E-state index in [-0.39, 0.29) is 17.5 Å². The van der Waals surface area contributed by atoms with Gasteiger partial charge in [-0.3, -0.25) is 14.5 Å². The number of nitrogens with zero attached hydrogens (tertiary/aromatic N) is 4. The summed E-state index contributed by atoms with van der Waals surface area (Å²) in [5.74, 6) is -0.123. The molecule has 182 valence electrons. The number of para-hydroxylation sites is 1. The molecule has 4 rings (SSSR count). The van der Waals surface area contributed by atoms with Crippen molar-refractivity contribution in [3.63, 3.8) is 0 Å². The van der Waals surface area contributed by atoms with Gasteiger partial charge in [-0.1, -0.05) is 12.1 Å². The number of methoxy groups -OCH3 is 1. The van der Waals surface area contributed by atoms with Gasteiger partial charge in [0.05, 0.1) is 18.5 Å². The van der Waals surface area contributed by atoms with Gasteiger partial charge in [-0.15, -0.1) is 11.3 Å². The second-order valence-corrected chi connectivity index (χ2v) is 8.89. The second-order valence-electron chi connectivity index (χ2n) is 8.06. The van der Waals surface area contributed by atoms with E-state index in [1.165, 1.54) is 41.4 Å². The second kappa shape index (κ2) is 11.1. The van der Waals surface area contributed by atoms with E-state index in [0.717, 1.165) is 30.9 Å². The first-order valence-corrected chi connectivity index (χ1v) is 12.2. The smallest absolute Gasteiger partial charge is 0.246 e. The topological polar surface area (TPSA) is 66.0 Å². The molecule has 7 nitrogen and oxygen atoms in total. The van der Waals surface area contributed by atoms with Gasteiger partial charge in [0, 0.05) is 50.2 Å². The molecule has 0 unspecified atom stereocenters. The van der Waals surface area contributed by atoms with Gasteiger partial charge in [-0.25, -0.2) is 9.37 Å². The highest BCUT2D eigenvalue weighted by molar-refractivity contribution is 7.14. The summed E-state index contributed by atoms with van der Waals surface area (Å²) >= 11 is 1.22. The van der Waals surface area contributed by atoms with Crippen molar-refractivity contribution in [2.24, 2.45) is 0 Å². The van der Waals surface area contributed by atoms with Gasteiger partial charge >= 0.3 is 0 Å². The first-order chi connectivity index (χ1) is 17.0. The van der Waals surface area contributed by atoms with Crippen molar-refractivity contribution >= 4 is 45.7 Å². The molecule has 0 saturated carbocycles. The highest BCUT2D eigenvalue weighted by Crippen LogP contribution is 2.31. The number of carbonyl (C=O) groups excluding carboxylic acids is 2. The summed E-state index contributed by atoms with van der Waals surface area (Å²) in [4.78, 5) is 34.8. The van der Waals surface area contributed by atoms with Crippen LogP contribution in [0.25, 0.3) is 6.08 Å². The molecule has 0 radical (unpaired) electrons. The maximum atomic E-state index is 14.3. The van der Waals surface area contributed by atoms with Crippen LogP contribution in [0.1, 0.15) is 19.0 Å². The third-order valence-corrected chi connectivity index (χ3v) is 6.60. The van der Waals surface area contributed by atoms with Crippen LogP contribution in [-0.2, 0) is 9.59 Å². The van der Waals surface area contributed by atoms with Crippen molar-refractivity contribution in [1.82, 2.24) is 9.88 Å². The maximum Gasteiger partial charge on any atom is 0.246 e. The van der Waals surface area contributed by atoms with Gasteiger partial charge < -0.3 is 14.5 Å². The fourth-order valence-electron chi connectivity index (χ4n) is 3.95. The van der Waals surface area contributed by atoms with Gasteiger partial charge in [0.15, 0.2) is 5.13 Å². The molecular formula is C26H27FN4O3S. The zero-order chi connectivity index (χ0) is 24.8. The molecule has 0 N–H and O–H groups in total. The lowest BCUT2D eigenvalue weighted by molar-refractivity contribution is -0.125. The van der Waals surface area contributed by atoms with Crippen molar-refractivity contribution < 1.29 is 18.7 Å². The first-order valence-electron chi connectivity index (χ1n) is 11.3. The number of thiazole rings is 1. The largest absolute Gasteiger partial charge is 0.497 e. The lowest BCUT2D eigenvalue weighted by Gasteiger charge is -2.23. The number of ether oxygens (including phenoxy) is 1. The van der Waals surface area contributed by atoms with Crippen LogP contribution in [0.3, 0.4) is 0 Å². The summed E-state index contributed by atoms with van der Waals surface area (Å²) in [5, 5.41) is 2.09. The van der Waals surface area contributed by atoms with Crippen LogP contribution in [0.15, 0.2) is 60.0 Å². The lowest BCUT2D eigenvalue weighted by atomic mass is 10.2. The third kappa shape index (κ3) is 5.86. The summed E-state index contributed by atoms with van der Waals surface area (Å²) < 4.78 is 19.5. The Morgan fingerprint density at radius 3 is 2.57 bits per heavy atom. The monoisotopic (exact) mass is 494 g/mol. The average molecular weight is 495 g/mol. The van der Waals surface area contributed by atoms with Crippen molar-refractivity contribution in [1.29, 1.82) is 0 Å². The molecule has 1 fully saturated rings. The van der Waals surface area contributed by atoms with Crippen LogP contribution in [0.2, 0.25) is 0 Å². The number of carbonyl (C=O) groups is 2. The molecular weight excluding hydrogens is 467 g/mol. The van der Waals surface area contributed by atoms with Crippen molar-refractivity contribution in [3.05, 3.63) is 71.5 Å². The Hall–Kier alpha value is -3.72. The molecule has 0 spiro atoms. The highest BCUT2D eigenvalue weighted by Gasteiger charge is 2.21. The van der Waals surface area contributed by atoms with Gasteiger partial charge in [0.25, 0.3) is 0 Å². The van der Waals surface area contributed by atoms with Gasteiger partial charge in [-0.2, -0.15) is 0 Å². The number of halogens is 1. The molecule has 1 aromatic heterocycles. The zero-order valence-electron chi connectivity index (χ0n) is 19.7. The van der Waals surface area contributed by atoms with Crippen LogP contribution in [-0.4, -0.2) is 55.0 Å². The summed E-state index contributed by atoms with van der Waals surface area (Å²) in [6, 6.07) is 14.0. The van der Waals surface area contributed by atoms with Crippen molar-refractivity contribution in [2.75, 3.05) is 43.1 Å². The number of hydrogen-bond donors (Lipinski definition) is 0. The van der Waals surface area contributed by atoms with Gasteiger partial charge in [0.2, 0.25) is 11.8 Å². The molecule has 2 aromatic carbocycles. The molecule has 2 amide bonds. The molecule has 9 heteroatoms.